The molecule has 0 radical (unpaired) electrons. The summed E-state index contributed by atoms with van der Waals surface area (Å²) in [6.07, 6.45) is 0. The molecule has 0 spiro atoms. The van der Waals surface area contributed by atoms with Crippen molar-refractivity contribution >= 4 is 34.8 Å². The minimum atomic E-state index is -0.331. The first-order valence-corrected chi connectivity index (χ1v) is 9.24. The van der Waals surface area contributed by atoms with E-state index < -0.39 is 0 Å². The second-order valence-electron chi connectivity index (χ2n) is 5.86. The first-order chi connectivity index (χ1) is 13.1. The maximum atomic E-state index is 13.4. The van der Waals surface area contributed by atoms with E-state index in [1.807, 2.05) is 36.4 Å². The van der Waals surface area contributed by atoms with Crippen LogP contribution in [0.2, 0.25) is 15.1 Å². The summed E-state index contributed by atoms with van der Waals surface area (Å²) in [7, 11) is 0. The molecular weight excluding hydrogens is 406 g/mol. The van der Waals surface area contributed by atoms with E-state index in [0.29, 0.717) is 37.7 Å². The lowest BCUT2D eigenvalue weighted by molar-refractivity contribution is 0.627. The lowest BCUT2D eigenvalue weighted by atomic mass is 10.1. The Bertz CT molecular complexity index is 1120. The summed E-state index contributed by atoms with van der Waals surface area (Å²) in [6.45, 7) is 0. The van der Waals surface area contributed by atoms with E-state index >= 15 is 0 Å². The van der Waals surface area contributed by atoms with Crippen LogP contribution in [-0.4, -0.2) is 9.78 Å². The molecule has 6 heteroatoms. The number of halogens is 4. The van der Waals surface area contributed by atoms with Crippen LogP contribution < -0.4 is 0 Å². The number of hydrogen-bond donors (Lipinski definition) is 0. The zero-order valence-corrected chi connectivity index (χ0v) is 16.1. The molecule has 134 valence electrons. The maximum Gasteiger partial charge on any atom is 0.123 e. The zero-order valence-electron chi connectivity index (χ0n) is 13.8. The lowest BCUT2D eigenvalue weighted by Gasteiger charge is -2.09. The second kappa shape index (κ2) is 7.35. The zero-order chi connectivity index (χ0) is 19.0. The summed E-state index contributed by atoms with van der Waals surface area (Å²) in [5.41, 5.74) is 3.23. The Labute approximate surface area is 170 Å². The summed E-state index contributed by atoms with van der Waals surface area (Å²) in [4.78, 5) is 0. The summed E-state index contributed by atoms with van der Waals surface area (Å²) in [5, 5.41) is 6.17. The normalized spacial score (nSPS) is 11.0. The first kappa shape index (κ1) is 18.1. The molecule has 0 aliphatic carbocycles. The third-order valence-corrected chi connectivity index (χ3v) is 5.17. The molecule has 1 aromatic heterocycles. The molecule has 0 aliphatic heterocycles. The quantitative estimate of drug-likeness (QED) is 0.342. The van der Waals surface area contributed by atoms with Gasteiger partial charge < -0.3 is 0 Å². The van der Waals surface area contributed by atoms with Crippen molar-refractivity contribution in [2.45, 2.75) is 0 Å². The molecule has 0 fully saturated rings. The van der Waals surface area contributed by atoms with Crippen LogP contribution in [0.4, 0.5) is 4.39 Å². The van der Waals surface area contributed by atoms with Crippen LogP contribution in [0.5, 0.6) is 0 Å². The predicted octanol–water partition coefficient (Wildman–Crippen LogP) is 7.31. The average Bonchev–Trinajstić information content (AvgIpc) is 3.00. The van der Waals surface area contributed by atoms with Crippen molar-refractivity contribution in [1.29, 1.82) is 0 Å². The average molecular weight is 418 g/mol. The van der Waals surface area contributed by atoms with Gasteiger partial charge in [0.2, 0.25) is 0 Å². The predicted molar refractivity (Wildman–Crippen MR) is 109 cm³/mol. The van der Waals surface area contributed by atoms with Crippen molar-refractivity contribution < 1.29 is 4.39 Å². The molecule has 0 amide bonds. The molecule has 0 saturated carbocycles. The van der Waals surface area contributed by atoms with Crippen LogP contribution in [0, 0.1) is 5.82 Å². The van der Waals surface area contributed by atoms with E-state index in [2.05, 4.69) is 5.10 Å². The van der Waals surface area contributed by atoms with Gasteiger partial charge >= 0.3 is 0 Å². The van der Waals surface area contributed by atoms with Crippen LogP contribution in [0.15, 0.2) is 72.8 Å². The van der Waals surface area contributed by atoms with Gasteiger partial charge in [0.1, 0.15) is 11.5 Å². The third-order valence-electron chi connectivity index (χ3n) is 4.16. The van der Waals surface area contributed by atoms with Crippen molar-refractivity contribution in [3.63, 3.8) is 0 Å². The van der Waals surface area contributed by atoms with Gasteiger partial charge in [-0.1, -0.05) is 71.2 Å². The Morgan fingerprint density at radius 2 is 1.26 bits per heavy atom. The summed E-state index contributed by atoms with van der Waals surface area (Å²) < 4.78 is 15.1. The van der Waals surface area contributed by atoms with Gasteiger partial charge in [-0.25, -0.2) is 9.07 Å². The number of aromatic nitrogens is 2. The largest absolute Gasteiger partial charge is 0.231 e. The monoisotopic (exact) mass is 416 g/mol. The molecule has 27 heavy (non-hydrogen) atoms. The Morgan fingerprint density at radius 3 is 1.85 bits per heavy atom. The summed E-state index contributed by atoms with van der Waals surface area (Å²) >= 11 is 19.5. The van der Waals surface area contributed by atoms with Gasteiger partial charge in [0.25, 0.3) is 0 Å². The molecule has 0 unspecified atom stereocenters. The van der Waals surface area contributed by atoms with Gasteiger partial charge in [0, 0.05) is 11.1 Å². The number of benzene rings is 3. The molecule has 3 aromatic carbocycles. The molecule has 0 atom stereocenters. The van der Waals surface area contributed by atoms with E-state index in [9.17, 15) is 4.39 Å². The summed E-state index contributed by atoms with van der Waals surface area (Å²) in [5.74, 6) is -0.331. The Kier molecular flexibility index (Phi) is 4.92. The lowest BCUT2D eigenvalue weighted by Crippen LogP contribution is -2.00. The highest BCUT2D eigenvalue weighted by Gasteiger charge is 2.22. The van der Waals surface area contributed by atoms with Crippen molar-refractivity contribution in [2.24, 2.45) is 0 Å². The van der Waals surface area contributed by atoms with Crippen molar-refractivity contribution in [3.8, 4) is 28.2 Å². The van der Waals surface area contributed by atoms with Gasteiger partial charge in [-0.15, -0.1) is 0 Å². The highest BCUT2D eigenvalue weighted by molar-refractivity contribution is 6.39. The molecular formula is C21H12Cl3FN2. The van der Waals surface area contributed by atoms with Gasteiger partial charge in [-0.2, -0.15) is 5.10 Å². The molecule has 0 bridgehead atoms. The van der Waals surface area contributed by atoms with E-state index in [4.69, 9.17) is 34.8 Å². The number of hydrogen-bond acceptors (Lipinski definition) is 1. The van der Waals surface area contributed by atoms with E-state index in [1.54, 1.807) is 28.9 Å². The topological polar surface area (TPSA) is 17.8 Å². The van der Waals surface area contributed by atoms with Gasteiger partial charge in [0.15, 0.2) is 0 Å². The highest BCUT2D eigenvalue weighted by Crippen LogP contribution is 2.42. The van der Waals surface area contributed by atoms with Crippen LogP contribution in [0.1, 0.15) is 0 Å². The first-order valence-electron chi connectivity index (χ1n) is 8.10. The molecule has 4 aromatic rings. The molecule has 4 rings (SSSR count). The molecule has 0 N–H and O–H groups in total. The minimum absolute atomic E-state index is 0.331. The van der Waals surface area contributed by atoms with Crippen molar-refractivity contribution in [2.75, 3.05) is 0 Å². The van der Waals surface area contributed by atoms with Crippen LogP contribution in [-0.2, 0) is 0 Å². The molecule has 0 aliphatic rings. The van der Waals surface area contributed by atoms with E-state index in [0.717, 1.165) is 5.56 Å². The van der Waals surface area contributed by atoms with Crippen LogP contribution >= 0.6 is 34.8 Å². The van der Waals surface area contributed by atoms with E-state index in [1.165, 1.54) is 12.1 Å². The molecule has 0 saturated heterocycles. The standard InChI is InChI=1S/C21H12Cl3FN2/c22-17-7-3-1-5-15(17)20-19(24)21(16-6-2-4-8-18(16)23)27(26-20)14-11-9-13(25)10-12-14/h1-12H. The van der Waals surface area contributed by atoms with Crippen LogP contribution in [0.25, 0.3) is 28.2 Å². The van der Waals surface area contributed by atoms with Crippen molar-refractivity contribution in [1.82, 2.24) is 9.78 Å². The number of rotatable bonds is 3. The Balaban J connectivity index is 2.02. The second-order valence-corrected chi connectivity index (χ2v) is 7.05. The fourth-order valence-electron chi connectivity index (χ4n) is 2.88. The Hall–Kier alpha value is -2.33. The minimum Gasteiger partial charge on any atom is -0.231 e. The fourth-order valence-corrected chi connectivity index (χ4v) is 3.65. The highest BCUT2D eigenvalue weighted by atomic mass is 35.5. The molecule has 2 nitrogen and oxygen atoms in total. The van der Waals surface area contributed by atoms with Gasteiger partial charge in [-0.3, -0.25) is 0 Å². The number of nitrogens with zero attached hydrogens (tertiary/aromatic N) is 2. The maximum absolute atomic E-state index is 13.4. The van der Waals surface area contributed by atoms with Crippen LogP contribution in [0.3, 0.4) is 0 Å². The Morgan fingerprint density at radius 1 is 0.704 bits per heavy atom. The molecule has 1 heterocycles. The van der Waals surface area contributed by atoms with Gasteiger partial charge in [-0.05, 0) is 36.4 Å². The summed E-state index contributed by atoms with van der Waals surface area (Å²) in [6, 6.07) is 20.7. The van der Waals surface area contributed by atoms with Gasteiger partial charge in [0.05, 0.1) is 26.4 Å². The smallest absolute Gasteiger partial charge is 0.123 e. The van der Waals surface area contributed by atoms with E-state index in [-0.39, 0.29) is 5.82 Å². The third kappa shape index (κ3) is 3.34. The SMILES string of the molecule is Fc1ccc(-n2nc(-c3ccccc3Cl)c(Cl)c2-c2ccccc2Cl)cc1. The van der Waals surface area contributed by atoms with Crippen molar-refractivity contribution in [3.05, 3.63) is 93.7 Å². The fraction of sp³-hybridized carbons (Fsp3) is 0.